The molecule has 0 bridgehead atoms. The molecule has 18 heavy (non-hydrogen) atoms. The largest absolute Gasteiger partial charge is 0.493 e. The highest BCUT2D eigenvalue weighted by Crippen LogP contribution is 2.27. The molecule has 0 radical (unpaired) electrons. The Bertz CT molecular complexity index is 404. The van der Waals surface area contributed by atoms with E-state index in [9.17, 15) is 4.79 Å². The van der Waals surface area contributed by atoms with Crippen LogP contribution >= 0.6 is 0 Å². The highest BCUT2D eigenvalue weighted by Gasteiger charge is 2.09. The molecule has 0 aliphatic carbocycles. The Labute approximate surface area is 108 Å². The van der Waals surface area contributed by atoms with E-state index in [0.29, 0.717) is 11.5 Å². The summed E-state index contributed by atoms with van der Waals surface area (Å²) in [5.41, 5.74) is 1.09. The second kappa shape index (κ2) is 6.89. The predicted molar refractivity (Wildman–Crippen MR) is 71.1 cm³/mol. The molecule has 0 aliphatic rings. The van der Waals surface area contributed by atoms with Gasteiger partial charge in [0.2, 0.25) is 0 Å². The van der Waals surface area contributed by atoms with E-state index in [1.54, 1.807) is 7.11 Å². The number of nitrogens with one attached hydrogen (secondary N) is 1. The molecule has 0 heterocycles. The zero-order valence-corrected chi connectivity index (χ0v) is 11.4. The zero-order valence-electron chi connectivity index (χ0n) is 11.4. The van der Waals surface area contributed by atoms with Crippen LogP contribution in [0.1, 0.15) is 25.8 Å². The molecule has 0 aliphatic heterocycles. The molecule has 0 saturated heterocycles. The molecule has 1 aromatic carbocycles. The zero-order chi connectivity index (χ0) is 13.5. The van der Waals surface area contributed by atoms with E-state index in [1.807, 2.05) is 39.0 Å². The molecule has 0 saturated carbocycles. The van der Waals surface area contributed by atoms with E-state index in [0.717, 1.165) is 12.0 Å². The Balaban J connectivity index is 2.55. The van der Waals surface area contributed by atoms with E-state index >= 15 is 0 Å². The smallest absolute Gasteiger partial charge is 0.258 e. The number of amides is 1. The normalized spacial score (nSPS) is 11.8. The first kappa shape index (κ1) is 14.4. The summed E-state index contributed by atoms with van der Waals surface area (Å²) in [6, 6.07) is 5.78. The van der Waals surface area contributed by atoms with E-state index in [2.05, 4.69) is 5.32 Å². The third-order valence-corrected chi connectivity index (χ3v) is 2.70. The number of hydrogen-bond acceptors (Lipinski definition) is 3. The summed E-state index contributed by atoms with van der Waals surface area (Å²) in [7, 11) is 1.58. The maximum atomic E-state index is 11.6. The summed E-state index contributed by atoms with van der Waals surface area (Å²) >= 11 is 0. The summed E-state index contributed by atoms with van der Waals surface area (Å²) in [5.74, 6) is 1.11. The van der Waals surface area contributed by atoms with E-state index < -0.39 is 0 Å². The van der Waals surface area contributed by atoms with Crippen molar-refractivity contribution in [3.05, 3.63) is 23.8 Å². The molecule has 100 valence electrons. The Morgan fingerprint density at radius 2 is 2.11 bits per heavy atom. The molecule has 4 heteroatoms. The second-order valence-electron chi connectivity index (χ2n) is 4.32. The minimum absolute atomic E-state index is 0.00373. The summed E-state index contributed by atoms with van der Waals surface area (Å²) in [6.07, 6.45) is 0.902. The Morgan fingerprint density at radius 3 is 2.72 bits per heavy atom. The molecule has 1 rings (SSSR count). The van der Waals surface area contributed by atoms with E-state index in [1.165, 1.54) is 0 Å². The van der Waals surface area contributed by atoms with Gasteiger partial charge in [-0.15, -0.1) is 0 Å². The number of hydrogen-bond donors (Lipinski definition) is 1. The van der Waals surface area contributed by atoms with Gasteiger partial charge >= 0.3 is 0 Å². The highest BCUT2D eigenvalue weighted by atomic mass is 16.5. The van der Waals surface area contributed by atoms with Crippen LogP contribution in [0.5, 0.6) is 11.5 Å². The van der Waals surface area contributed by atoms with Crippen LogP contribution in [0, 0.1) is 6.92 Å². The quantitative estimate of drug-likeness (QED) is 0.844. The molecule has 1 N–H and O–H groups in total. The Kier molecular flexibility index (Phi) is 5.49. The fourth-order valence-electron chi connectivity index (χ4n) is 1.46. The highest BCUT2D eigenvalue weighted by molar-refractivity contribution is 5.77. The van der Waals surface area contributed by atoms with Gasteiger partial charge in [0.15, 0.2) is 18.1 Å². The molecule has 0 aromatic heterocycles. The third-order valence-electron chi connectivity index (χ3n) is 2.70. The lowest BCUT2D eigenvalue weighted by molar-refractivity contribution is -0.123. The van der Waals surface area contributed by atoms with Crippen molar-refractivity contribution in [1.82, 2.24) is 5.32 Å². The number of carbonyl (C=O) groups is 1. The molecule has 0 spiro atoms. The van der Waals surface area contributed by atoms with Crippen LogP contribution in [-0.4, -0.2) is 25.7 Å². The molecule has 1 amide bonds. The lowest BCUT2D eigenvalue weighted by atomic mass is 10.2. The number of benzene rings is 1. The van der Waals surface area contributed by atoms with Gasteiger partial charge in [-0.3, -0.25) is 4.79 Å². The number of aryl methyl sites for hydroxylation is 1. The summed E-state index contributed by atoms with van der Waals surface area (Å²) < 4.78 is 10.7. The van der Waals surface area contributed by atoms with Crippen LogP contribution < -0.4 is 14.8 Å². The molecule has 4 nitrogen and oxygen atoms in total. The van der Waals surface area contributed by atoms with Crippen molar-refractivity contribution in [2.24, 2.45) is 0 Å². The van der Waals surface area contributed by atoms with Gasteiger partial charge in [0.05, 0.1) is 7.11 Å². The second-order valence-corrected chi connectivity index (χ2v) is 4.32. The molecule has 1 aromatic rings. The molecule has 0 fully saturated rings. The first-order valence-corrected chi connectivity index (χ1v) is 6.13. The van der Waals surface area contributed by atoms with Crippen LogP contribution in [-0.2, 0) is 4.79 Å². The van der Waals surface area contributed by atoms with Gasteiger partial charge in [-0.2, -0.15) is 0 Å². The monoisotopic (exact) mass is 251 g/mol. The van der Waals surface area contributed by atoms with E-state index in [4.69, 9.17) is 9.47 Å². The minimum atomic E-state index is -0.119. The van der Waals surface area contributed by atoms with Crippen molar-refractivity contribution in [1.29, 1.82) is 0 Å². The summed E-state index contributed by atoms with van der Waals surface area (Å²) in [5, 5.41) is 2.84. The SMILES string of the molecule is CC[C@H](C)NC(=O)COc1ccc(C)cc1OC. The lowest BCUT2D eigenvalue weighted by Gasteiger charge is -2.13. The van der Waals surface area contributed by atoms with Crippen molar-refractivity contribution in [3.63, 3.8) is 0 Å². The topological polar surface area (TPSA) is 47.6 Å². The van der Waals surface area contributed by atoms with Gasteiger partial charge in [-0.1, -0.05) is 13.0 Å². The molecule has 1 atom stereocenters. The van der Waals surface area contributed by atoms with Crippen LogP contribution in [0.25, 0.3) is 0 Å². The van der Waals surface area contributed by atoms with Crippen molar-refractivity contribution in [3.8, 4) is 11.5 Å². The number of carbonyl (C=O) groups excluding carboxylic acids is 1. The van der Waals surface area contributed by atoms with Crippen molar-refractivity contribution < 1.29 is 14.3 Å². The third kappa shape index (κ3) is 4.28. The number of rotatable bonds is 6. The summed E-state index contributed by atoms with van der Waals surface area (Å²) in [6.45, 7) is 5.96. The van der Waals surface area contributed by atoms with E-state index in [-0.39, 0.29) is 18.6 Å². The van der Waals surface area contributed by atoms with Crippen molar-refractivity contribution in [2.45, 2.75) is 33.2 Å². The van der Waals surface area contributed by atoms with Crippen LogP contribution in [0.4, 0.5) is 0 Å². The van der Waals surface area contributed by atoms with Gasteiger partial charge in [0.25, 0.3) is 5.91 Å². The number of methoxy groups -OCH3 is 1. The van der Waals surface area contributed by atoms with Gasteiger partial charge in [-0.25, -0.2) is 0 Å². The van der Waals surface area contributed by atoms with Gasteiger partial charge in [0.1, 0.15) is 0 Å². The predicted octanol–water partition coefficient (Wildman–Crippen LogP) is 2.30. The van der Waals surface area contributed by atoms with Crippen molar-refractivity contribution >= 4 is 5.91 Å². The molecular formula is C14H21NO3. The molecular weight excluding hydrogens is 230 g/mol. The fourth-order valence-corrected chi connectivity index (χ4v) is 1.46. The maximum Gasteiger partial charge on any atom is 0.258 e. The first-order valence-electron chi connectivity index (χ1n) is 6.13. The van der Waals surface area contributed by atoms with Crippen LogP contribution in [0.3, 0.4) is 0 Å². The Morgan fingerprint density at radius 1 is 1.39 bits per heavy atom. The maximum absolute atomic E-state index is 11.6. The Hall–Kier alpha value is -1.71. The lowest BCUT2D eigenvalue weighted by Crippen LogP contribution is -2.35. The van der Waals surface area contributed by atoms with Crippen LogP contribution in [0.15, 0.2) is 18.2 Å². The number of ether oxygens (including phenoxy) is 2. The summed E-state index contributed by atoms with van der Waals surface area (Å²) in [4.78, 5) is 11.6. The standard InChI is InChI=1S/C14H21NO3/c1-5-11(3)15-14(16)9-18-12-7-6-10(2)8-13(12)17-4/h6-8,11H,5,9H2,1-4H3,(H,15,16)/t11-/m0/s1. The van der Waals surface area contributed by atoms with Crippen molar-refractivity contribution in [2.75, 3.05) is 13.7 Å². The average molecular weight is 251 g/mol. The molecule has 0 unspecified atom stereocenters. The first-order chi connectivity index (χ1) is 8.56. The fraction of sp³-hybridized carbons (Fsp3) is 0.500. The van der Waals surface area contributed by atoms with Gasteiger partial charge in [-0.05, 0) is 38.0 Å². The average Bonchev–Trinajstić information content (AvgIpc) is 2.36. The van der Waals surface area contributed by atoms with Gasteiger partial charge in [0, 0.05) is 6.04 Å². The minimum Gasteiger partial charge on any atom is -0.493 e. The van der Waals surface area contributed by atoms with Crippen LogP contribution in [0.2, 0.25) is 0 Å². The van der Waals surface area contributed by atoms with Gasteiger partial charge < -0.3 is 14.8 Å².